The zero-order chi connectivity index (χ0) is 14.8. The van der Waals surface area contributed by atoms with E-state index in [4.69, 9.17) is 23.2 Å². The number of halogens is 2. The summed E-state index contributed by atoms with van der Waals surface area (Å²) in [6, 6.07) is 14.5. The predicted molar refractivity (Wildman–Crippen MR) is 94.0 cm³/mol. The lowest BCUT2D eigenvalue weighted by atomic mass is 9.78. The minimum atomic E-state index is 0.358. The number of benzene rings is 2. The van der Waals surface area contributed by atoms with Crippen LogP contribution < -0.4 is 0 Å². The SMILES string of the molecule is CSN=C1CC[C@@H](c2ccc(Cl)c(Cl)c2)c2ccccc21. The molecule has 2 aromatic carbocycles. The molecule has 0 aliphatic heterocycles. The van der Waals surface area contributed by atoms with E-state index in [1.807, 2.05) is 18.4 Å². The Bertz CT molecular complexity index is 697. The molecule has 2 aromatic rings. The second-order valence-corrected chi connectivity index (χ2v) is 6.43. The minimum Gasteiger partial charge on any atom is -0.221 e. The summed E-state index contributed by atoms with van der Waals surface area (Å²) in [7, 11) is 0. The number of hydrogen-bond donors (Lipinski definition) is 0. The maximum Gasteiger partial charge on any atom is 0.0595 e. The van der Waals surface area contributed by atoms with Gasteiger partial charge in [0.25, 0.3) is 0 Å². The molecule has 3 rings (SSSR count). The van der Waals surface area contributed by atoms with Crippen molar-refractivity contribution >= 4 is 40.9 Å². The van der Waals surface area contributed by atoms with Crippen LogP contribution in [0.2, 0.25) is 10.0 Å². The van der Waals surface area contributed by atoms with Crippen molar-refractivity contribution in [2.24, 2.45) is 4.40 Å². The van der Waals surface area contributed by atoms with E-state index in [0.29, 0.717) is 16.0 Å². The Labute approximate surface area is 139 Å². The molecule has 0 heterocycles. The van der Waals surface area contributed by atoms with Crippen molar-refractivity contribution in [2.45, 2.75) is 18.8 Å². The van der Waals surface area contributed by atoms with E-state index >= 15 is 0 Å². The van der Waals surface area contributed by atoms with Gasteiger partial charge in [0.2, 0.25) is 0 Å². The summed E-state index contributed by atoms with van der Waals surface area (Å²) in [5.41, 5.74) is 5.00. The van der Waals surface area contributed by atoms with Crippen LogP contribution >= 0.6 is 35.1 Å². The fourth-order valence-corrected chi connectivity index (χ4v) is 3.63. The van der Waals surface area contributed by atoms with Gasteiger partial charge in [-0.05, 0) is 48.0 Å². The summed E-state index contributed by atoms with van der Waals surface area (Å²) in [6.45, 7) is 0. The monoisotopic (exact) mass is 335 g/mol. The Morgan fingerprint density at radius 1 is 1.10 bits per heavy atom. The summed E-state index contributed by atoms with van der Waals surface area (Å²) >= 11 is 13.7. The summed E-state index contributed by atoms with van der Waals surface area (Å²) in [4.78, 5) is 0. The lowest BCUT2D eigenvalue weighted by Gasteiger charge is -2.27. The van der Waals surface area contributed by atoms with Crippen LogP contribution in [0.4, 0.5) is 0 Å². The van der Waals surface area contributed by atoms with Crippen LogP contribution in [-0.2, 0) is 0 Å². The van der Waals surface area contributed by atoms with Gasteiger partial charge >= 0.3 is 0 Å². The molecule has 21 heavy (non-hydrogen) atoms. The molecule has 0 saturated carbocycles. The molecule has 0 amide bonds. The maximum atomic E-state index is 6.18. The van der Waals surface area contributed by atoms with E-state index in [1.54, 1.807) is 0 Å². The van der Waals surface area contributed by atoms with Gasteiger partial charge < -0.3 is 0 Å². The van der Waals surface area contributed by atoms with E-state index in [0.717, 1.165) is 12.8 Å². The van der Waals surface area contributed by atoms with Crippen LogP contribution in [0.5, 0.6) is 0 Å². The van der Waals surface area contributed by atoms with E-state index in [9.17, 15) is 0 Å². The largest absolute Gasteiger partial charge is 0.221 e. The molecule has 1 nitrogen and oxygen atoms in total. The average Bonchev–Trinajstić information content (AvgIpc) is 2.51. The second-order valence-electron chi connectivity index (χ2n) is 5.07. The average molecular weight is 336 g/mol. The van der Waals surface area contributed by atoms with Gasteiger partial charge in [-0.3, -0.25) is 0 Å². The van der Waals surface area contributed by atoms with E-state index in [-0.39, 0.29) is 0 Å². The van der Waals surface area contributed by atoms with Crippen LogP contribution in [-0.4, -0.2) is 12.0 Å². The molecular formula is C17H15Cl2NS. The maximum absolute atomic E-state index is 6.18. The molecule has 0 bridgehead atoms. The molecule has 108 valence electrons. The molecule has 0 radical (unpaired) electrons. The molecule has 0 saturated heterocycles. The van der Waals surface area contributed by atoms with Gasteiger partial charge in [0.1, 0.15) is 0 Å². The summed E-state index contributed by atoms with van der Waals surface area (Å²) in [6.07, 6.45) is 4.04. The van der Waals surface area contributed by atoms with Crippen LogP contribution in [0.25, 0.3) is 0 Å². The highest BCUT2D eigenvalue weighted by Crippen LogP contribution is 2.39. The van der Waals surface area contributed by atoms with Crippen LogP contribution in [0.3, 0.4) is 0 Å². The first kappa shape index (κ1) is 15.0. The molecule has 0 N–H and O–H groups in total. The highest BCUT2D eigenvalue weighted by molar-refractivity contribution is 7.97. The van der Waals surface area contributed by atoms with Crippen molar-refractivity contribution in [2.75, 3.05) is 6.26 Å². The fraction of sp³-hybridized carbons (Fsp3) is 0.235. The molecule has 0 fully saturated rings. The number of fused-ring (bicyclic) bond motifs is 1. The highest BCUT2D eigenvalue weighted by atomic mass is 35.5. The number of rotatable bonds is 2. The van der Waals surface area contributed by atoms with Crippen LogP contribution in [0.15, 0.2) is 46.9 Å². The zero-order valence-corrected chi connectivity index (χ0v) is 14.0. The summed E-state index contributed by atoms with van der Waals surface area (Å²) in [5, 5.41) is 1.23. The molecule has 1 aliphatic rings. The van der Waals surface area contributed by atoms with Gasteiger partial charge in [0.05, 0.1) is 15.8 Å². The Hall–Kier alpha value is -0.960. The number of hydrogen-bond acceptors (Lipinski definition) is 2. The topological polar surface area (TPSA) is 12.4 Å². The first-order chi connectivity index (χ1) is 10.2. The predicted octanol–water partition coefficient (Wildman–Crippen LogP) is 5.99. The quantitative estimate of drug-likeness (QED) is 0.614. The van der Waals surface area contributed by atoms with E-state index < -0.39 is 0 Å². The first-order valence-corrected chi connectivity index (χ1v) is 8.78. The van der Waals surface area contributed by atoms with Crippen molar-refractivity contribution in [3.8, 4) is 0 Å². The molecule has 0 unspecified atom stereocenters. The molecular weight excluding hydrogens is 321 g/mol. The van der Waals surface area contributed by atoms with Gasteiger partial charge in [-0.2, -0.15) is 0 Å². The number of nitrogens with zero attached hydrogens (tertiary/aromatic N) is 1. The Morgan fingerprint density at radius 2 is 1.90 bits per heavy atom. The van der Waals surface area contributed by atoms with Crippen molar-refractivity contribution in [1.82, 2.24) is 0 Å². The molecule has 0 spiro atoms. The Morgan fingerprint density at radius 3 is 2.67 bits per heavy atom. The standard InChI is InChI=1S/C17H15Cl2NS/c1-21-20-17-9-7-12(13-4-2-3-5-14(13)17)11-6-8-15(18)16(19)10-11/h2-6,8,10,12H,7,9H2,1H3/t12-/m0/s1. The van der Waals surface area contributed by atoms with Gasteiger partial charge in [-0.1, -0.05) is 53.5 Å². The molecule has 1 aliphatic carbocycles. The van der Waals surface area contributed by atoms with E-state index in [1.165, 1.54) is 34.3 Å². The molecule has 0 aromatic heterocycles. The third kappa shape index (κ3) is 2.98. The van der Waals surface area contributed by atoms with Crippen molar-refractivity contribution in [3.05, 3.63) is 69.2 Å². The normalized spacial score (nSPS) is 19.6. The fourth-order valence-electron chi connectivity index (χ4n) is 2.92. The van der Waals surface area contributed by atoms with Gasteiger partial charge in [0.15, 0.2) is 0 Å². The zero-order valence-electron chi connectivity index (χ0n) is 11.6. The van der Waals surface area contributed by atoms with Crippen LogP contribution in [0.1, 0.15) is 35.4 Å². The Balaban J connectivity index is 2.07. The van der Waals surface area contributed by atoms with Crippen molar-refractivity contribution in [3.63, 3.8) is 0 Å². The summed E-state index contributed by atoms with van der Waals surface area (Å²) < 4.78 is 4.57. The van der Waals surface area contributed by atoms with E-state index in [2.05, 4.69) is 34.7 Å². The highest BCUT2D eigenvalue weighted by Gasteiger charge is 2.25. The second kappa shape index (κ2) is 6.43. The summed E-state index contributed by atoms with van der Waals surface area (Å²) in [5.74, 6) is 0.358. The molecule has 1 atom stereocenters. The van der Waals surface area contributed by atoms with Crippen molar-refractivity contribution < 1.29 is 0 Å². The van der Waals surface area contributed by atoms with Crippen LogP contribution in [0, 0.1) is 0 Å². The lowest BCUT2D eigenvalue weighted by Crippen LogP contribution is -2.17. The minimum absolute atomic E-state index is 0.358. The smallest absolute Gasteiger partial charge is 0.0595 e. The Kier molecular flexibility index (Phi) is 4.58. The lowest BCUT2D eigenvalue weighted by molar-refractivity contribution is 0.724. The van der Waals surface area contributed by atoms with Crippen molar-refractivity contribution in [1.29, 1.82) is 0 Å². The van der Waals surface area contributed by atoms with Gasteiger partial charge in [-0.25, -0.2) is 4.40 Å². The third-order valence-electron chi connectivity index (χ3n) is 3.86. The first-order valence-electron chi connectivity index (χ1n) is 6.85. The third-order valence-corrected chi connectivity index (χ3v) is 5.01. The molecule has 4 heteroatoms. The van der Waals surface area contributed by atoms with Gasteiger partial charge in [0, 0.05) is 17.7 Å². The van der Waals surface area contributed by atoms with Gasteiger partial charge in [-0.15, -0.1) is 0 Å².